The molecule has 0 atom stereocenters. The number of hydrogen-bond acceptors (Lipinski definition) is 5. The van der Waals surface area contributed by atoms with Gasteiger partial charge >= 0.3 is 0 Å². The van der Waals surface area contributed by atoms with Crippen molar-refractivity contribution in [1.29, 1.82) is 0 Å². The summed E-state index contributed by atoms with van der Waals surface area (Å²) in [5.74, 6) is 0.570. The van der Waals surface area contributed by atoms with Crippen molar-refractivity contribution in [2.75, 3.05) is 13.2 Å². The fraction of sp³-hybridized carbons (Fsp3) is 0.348. The van der Waals surface area contributed by atoms with Crippen molar-refractivity contribution in [3.05, 3.63) is 76.7 Å². The van der Waals surface area contributed by atoms with Crippen LogP contribution in [0.1, 0.15) is 28.1 Å². The van der Waals surface area contributed by atoms with Crippen LogP contribution in [0.2, 0.25) is 0 Å². The highest BCUT2D eigenvalue weighted by molar-refractivity contribution is 5.77. The second-order valence-electron chi connectivity index (χ2n) is 7.50. The number of benzene rings is 1. The van der Waals surface area contributed by atoms with E-state index in [0.717, 1.165) is 34.5 Å². The van der Waals surface area contributed by atoms with Gasteiger partial charge in [-0.15, -0.1) is 0 Å². The van der Waals surface area contributed by atoms with Crippen molar-refractivity contribution in [3.8, 4) is 5.88 Å². The van der Waals surface area contributed by atoms with Gasteiger partial charge in [-0.1, -0.05) is 30.3 Å². The van der Waals surface area contributed by atoms with E-state index in [1.165, 1.54) is 0 Å². The monoisotopic (exact) mass is 406 g/mol. The third-order valence-electron chi connectivity index (χ3n) is 5.26. The van der Waals surface area contributed by atoms with Gasteiger partial charge in [-0.25, -0.2) is 4.98 Å². The Labute approximate surface area is 176 Å². The van der Waals surface area contributed by atoms with E-state index in [0.29, 0.717) is 32.2 Å². The number of aromatic nitrogens is 3. The van der Waals surface area contributed by atoms with Crippen LogP contribution < -0.4 is 4.74 Å². The van der Waals surface area contributed by atoms with E-state index in [2.05, 4.69) is 10.1 Å². The van der Waals surface area contributed by atoms with Crippen molar-refractivity contribution in [2.45, 2.75) is 33.1 Å². The van der Waals surface area contributed by atoms with Crippen molar-refractivity contribution >= 4 is 5.91 Å². The molecule has 0 radical (unpaired) electrons. The molecule has 0 saturated heterocycles. The molecular formula is C23H26N4O3. The van der Waals surface area contributed by atoms with Gasteiger partial charge in [0.2, 0.25) is 11.8 Å². The average molecular weight is 406 g/mol. The van der Waals surface area contributed by atoms with E-state index in [1.54, 1.807) is 6.20 Å². The van der Waals surface area contributed by atoms with Gasteiger partial charge in [0, 0.05) is 50.1 Å². The van der Waals surface area contributed by atoms with Crippen LogP contribution in [0.4, 0.5) is 0 Å². The molecule has 30 heavy (non-hydrogen) atoms. The van der Waals surface area contributed by atoms with Gasteiger partial charge in [0.1, 0.15) is 18.9 Å². The summed E-state index contributed by atoms with van der Waals surface area (Å²) in [5, 5.41) is 4.62. The lowest BCUT2D eigenvalue weighted by molar-refractivity contribution is -0.137. The summed E-state index contributed by atoms with van der Waals surface area (Å²) in [6.07, 6.45) is 2.50. The number of rotatable bonds is 7. The normalized spacial score (nSPS) is 13.2. The molecule has 0 N–H and O–H groups in total. The maximum atomic E-state index is 12.7. The summed E-state index contributed by atoms with van der Waals surface area (Å²) in [6.45, 7) is 4.02. The standard InChI is InChI=1S/C23H26N4O3/c1-17-8-10-24-22(12-17)30-15-20-19-13-27(11-9-21(19)26(2)25-20)23(28)16-29-14-18-6-4-3-5-7-18/h3-8,10,12H,9,11,13-16H2,1-2H3. The van der Waals surface area contributed by atoms with Crippen LogP contribution in [0.5, 0.6) is 5.88 Å². The van der Waals surface area contributed by atoms with Gasteiger partial charge in [-0.3, -0.25) is 9.48 Å². The van der Waals surface area contributed by atoms with E-state index >= 15 is 0 Å². The molecule has 1 aromatic carbocycles. The number of nitrogens with zero attached hydrogens (tertiary/aromatic N) is 4. The lowest BCUT2D eigenvalue weighted by Gasteiger charge is -2.27. The quantitative estimate of drug-likeness (QED) is 0.604. The summed E-state index contributed by atoms with van der Waals surface area (Å²) in [4.78, 5) is 18.7. The van der Waals surface area contributed by atoms with E-state index in [4.69, 9.17) is 9.47 Å². The minimum absolute atomic E-state index is 0.00680. The second kappa shape index (κ2) is 9.09. The maximum absolute atomic E-state index is 12.7. The summed E-state index contributed by atoms with van der Waals surface area (Å²) in [6, 6.07) is 13.7. The highest BCUT2D eigenvalue weighted by Crippen LogP contribution is 2.23. The first-order valence-electron chi connectivity index (χ1n) is 10.1. The lowest BCUT2D eigenvalue weighted by Crippen LogP contribution is -2.38. The van der Waals surface area contributed by atoms with Crippen LogP contribution in [-0.4, -0.2) is 38.7 Å². The molecule has 0 saturated carbocycles. The van der Waals surface area contributed by atoms with Crippen LogP contribution >= 0.6 is 0 Å². The molecule has 0 spiro atoms. The van der Waals surface area contributed by atoms with Crippen molar-refractivity contribution in [1.82, 2.24) is 19.7 Å². The molecule has 4 rings (SSSR count). The predicted octanol–water partition coefficient (Wildman–Crippen LogP) is 2.80. The Hall–Kier alpha value is -3.19. The highest BCUT2D eigenvalue weighted by Gasteiger charge is 2.26. The Morgan fingerprint density at radius 3 is 2.80 bits per heavy atom. The summed E-state index contributed by atoms with van der Waals surface area (Å²) in [7, 11) is 1.94. The Morgan fingerprint density at radius 2 is 2.00 bits per heavy atom. The molecule has 2 aromatic heterocycles. The zero-order valence-electron chi connectivity index (χ0n) is 17.4. The molecule has 7 nitrogen and oxygen atoms in total. The molecule has 0 aliphatic carbocycles. The first-order chi connectivity index (χ1) is 14.6. The number of aryl methyl sites for hydroxylation is 2. The maximum Gasteiger partial charge on any atom is 0.248 e. The SMILES string of the molecule is Cc1ccnc(OCc2nn(C)c3c2CN(C(=O)COCc2ccccc2)CC3)c1. The van der Waals surface area contributed by atoms with E-state index in [9.17, 15) is 4.79 Å². The summed E-state index contributed by atoms with van der Waals surface area (Å²) < 4.78 is 13.4. The van der Waals surface area contributed by atoms with Gasteiger partial charge in [0.15, 0.2) is 0 Å². The number of carbonyl (C=O) groups is 1. The third-order valence-corrected chi connectivity index (χ3v) is 5.26. The first-order valence-corrected chi connectivity index (χ1v) is 10.1. The molecule has 0 unspecified atom stereocenters. The molecule has 1 aliphatic heterocycles. The molecule has 3 heterocycles. The molecule has 1 aliphatic rings. The fourth-order valence-corrected chi connectivity index (χ4v) is 3.65. The summed E-state index contributed by atoms with van der Waals surface area (Å²) in [5.41, 5.74) is 5.21. The van der Waals surface area contributed by atoms with Gasteiger partial charge in [-0.2, -0.15) is 5.10 Å². The fourth-order valence-electron chi connectivity index (χ4n) is 3.65. The molecule has 0 bridgehead atoms. The third kappa shape index (κ3) is 4.68. The van der Waals surface area contributed by atoms with Crippen LogP contribution in [-0.2, 0) is 42.8 Å². The zero-order valence-corrected chi connectivity index (χ0v) is 17.4. The number of hydrogen-bond donors (Lipinski definition) is 0. The topological polar surface area (TPSA) is 69.5 Å². The van der Waals surface area contributed by atoms with Gasteiger partial charge in [0.05, 0.1) is 6.61 Å². The largest absolute Gasteiger partial charge is 0.471 e. The first kappa shape index (κ1) is 20.1. The number of fused-ring (bicyclic) bond motifs is 1. The highest BCUT2D eigenvalue weighted by atomic mass is 16.5. The van der Waals surface area contributed by atoms with Crippen LogP contribution in [0.15, 0.2) is 48.7 Å². The second-order valence-corrected chi connectivity index (χ2v) is 7.50. The van der Waals surface area contributed by atoms with Crippen LogP contribution in [0.25, 0.3) is 0 Å². The number of carbonyl (C=O) groups excluding carboxylic acids is 1. The minimum Gasteiger partial charge on any atom is -0.471 e. The Balaban J connectivity index is 1.37. The van der Waals surface area contributed by atoms with Crippen molar-refractivity contribution < 1.29 is 14.3 Å². The average Bonchev–Trinajstić information content (AvgIpc) is 3.08. The summed E-state index contributed by atoms with van der Waals surface area (Å²) >= 11 is 0. The lowest BCUT2D eigenvalue weighted by atomic mass is 10.1. The zero-order chi connectivity index (χ0) is 20.9. The van der Waals surface area contributed by atoms with Gasteiger partial charge in [0.25, 0.3) is 0 Å². The van der Waals surface area contributed by atoms with Crippen molar-refractivity contribution in [3.63, 3.8) is 0 Å². The predicted molar refractivity (Wildman–Crippen MR) is 112 cm³/mol. The van der Waals surface area contributed by atoms with Crippen LogP contribution in [0.3, 0.4) is 0 Å². The van der Waals surface area contributed by atoms with Gasteiger partial charge < -0.3 is 14.4 Å². The van der Waals surface area contributed by atoms with Crippen molar-refractivity contribution in [2.24, 2.45) is 7.05 Å². The Kier molecular flexibility index (Phi) is 6.09. The van der Waals surface area contributed by atoms with Gasteiger partial charge in [-0.05, 0) is 24.1 Å². The smallest absolute Gasteiger partial charge is 0.248 e. The molecule has 156 valence electrons. The molecule has 0 fully saturated rings. The molecular weight excluding hydrogens is 380 g/mol. The van der Waals surface area contributed by atoms with E-state index in [1.807, 2.05) is 66.0 Å². The Bertz CT molecular complexity index is 1020. The van der Waals surface area contributed by atoms with E-state index < -0.39 is 0 Å². The molecule has 3 aromatic rings. The molecule has 7 heteroatoms. The van der Waals surface area contributed by atoms with Crippen LogP contribution in [0, 0.1) is 6.92 Å². The Morgan fingerprint density at radius 1 is 1.17 bits per heavy atom. The van der Waals surface area contributed by atoms with E-state index in [-0.39, 0.29) is 12.5 Å². The number of amides is 1. The minimum atomic E-state index is -0.00680. The number of ether oxygens (including phenoxy) is 2. The molecule has 1 amide bonds. The number of pyridine rings is 1.